The Morgan fingerprint density at radius 2 is 1.50 bits per heavy atom. The summed E-state index contributed by atoms with van der Waals surface area (Å²) in [5.41, 5.74) is -0.937. The van der Waals surface area contributed by atoms with E-state index < -0.39 is 11.5 Å². The van der Waals surface area contributed by atoms with Crippen LogP contribution in [0, 0.1) is 23.7 Å². The van der Waals surface area contributed by atoms with Crippen LogP contribution in [-0.2, 0) is 9.59 Å². The van der Waals surface area contributed by atoms with Crippen molar-refractivity contribution in [2.24, 2.45) is 23.7 Å². The van der Waals surface area contributed by atoms with Crippen LogP contribution < -0.4 is 0 Å². The summed E-state index contributed by atoms with van der Waals surface area (Å²) in [6.07, 6.45) is 5.27. The SMILES string of the molecule is CC(=O)N(C(C)C)C1(C(=O)O)C2CC3CC(C2)CC1C3. The predicted molar refractivity (Wildman–Crippen MR) is 75.1 cm³/mol. The lowest BCUT2D eigenvalue weighted by atomic mass is 9.48. The summed E-state index contributed by atoms with van der Waals surface area (Å²) in [6, 6.07) is -0.0545. The van der Waals surface area contributed by atoms with Gasteiger partial charge in [-0.05, 0) is 69.6 Å². The molecule has 4 nitrogen and oxygen atoms in total. The van der Waals surface area contributed by atoms with Crippen molar-refractivity contribution in [2.45, 2.75) is 64.5 Å². The van der Waals surface area contributed by atoms with Gasteiger partial charge in [-0.3, -0.25) is 4.79 Å². The van der Waals surface area contributed by atoms with Gasteiger partial charge in [-0.1, -0.05) is 0 Å². The molecule has 112 valence electrons. The molecule has 0 radical (unpaired) electrons. The van der Waals surface area contributed by atoms with Gasteiger partial charge in [0.2, 0.25) is 5.91 Å². The summed E-state index contributed by atoms with van der Waals surface area (Å²) in [5, 5.41) is 10.1. The van der Waals surface area contributed by atoms with Gasteiger partial charge < -0.3 is 10.0 Å². The maximum Gasteiger partial charge on any atom is 0.330 e. The van der Waals surface area contributed by atoms with E-state index in [1.54, 1.807) is 4.90 Å². The summed E-state index contributed by atoms with van der Waals surface area (Å²) in [6.45, 7) is 5.41. The smallest absolute Gasteiger partial charge is 0.330 e. The lowest BCUT2D eigenvalue weighted by Gasteiger charge is -2.62. The molecule has 0 spiro atoms. The third-order valence-corrected chi connectivity index (χ3v) is 5.98. The Morgan fingerprint density at radius 1 is 1.05 bits per heavy atom. The molecule has 1 amide bonds. The Labute approximate surface area is 120 Å². The lowest BCUT2D eigenvalue weighted by molar-refractivity contribution is -0.193. The van der Waals surface area contributed by atoms with Gasteiger partial charge in [-0.2, -0.15) is 0 Å². The van der Waals surface area contributed by atoms with Crippen LogP contribution in [0.1, 0.15) is 52.9 Å². The summed E-state index contributed by atoms with van der Waals surface area (Å²) < 4.78 is 0. The first-order valence-corrected chi connectivity index (χ1v) is 7.90. The normalized spacial score (nSPS) is 42.0. The highest BCUT2D eigenvalue weighted by Gasteiger charge is 2.65. The van der Waals surface area contributed by atoms with Crippen LogP contribution >= 0.6 is 0 Å². The van der Waals surface area contributed by atoms with E-state index in [2.05, 4.69) is 0 Å². The average Bonchev–Trinajstić information content (AvgIpc) is 2.31. The second kappa shape index (κ2) is 4.47. The van der Waals surface area contributed by atoms with Crippen molar-refractivity contribution < 1.29 is 14.7 Å². The number of carboxylic acids is 1. The van der Waals surface area contributed by atoms with E-state index in [1.807, 2.05) is 13.8 Å². The van der Waals surface area contributed by atoms with E-state index >= 15 is 0 Å². The molecule has 4 bridgehead atoms. The zero-order chi connectivity index (χ0) is 14.7. The number of nitrogens with zero attached hydrogens (tertiary/aromatic N) is 1. The molecule has 1 N–H and O–H groups in total. The van der Waals surface area contributed by atoms with Crippen LogP contribution in [-0.4, -0.2) is 33.5 Å². The molecule has 4 aliphatic rings. The minimum atomic E-state index is -0.937. The van der Waals surface area contributed by atoms with E-state index in [0.29, 0.717) is 11.8 Å². The molecule has 0 heterocycles. The lowest BCUT2D eigenvalue weighted by Crippen LogP contribution is -2.72. The number of hydrogen-bond acceptors (Lipinski definition) is 2. The number of hydrogen-bond donors (Lipinski definition) is 1. The van der Waals surface area contributed by atoms with Gasteiger partial charge in [-0.25, -0.2) is 4.79 Å². The second-order valence-electron chi connectivity index (χ2n) is 7.42. The quantitative estimate of drug-likeness (QED) is 0.863. The summed E-state index contributed by atoms with van der Waals surface area (Å²) in [4.78, 5) is 26.1. The maximum absolute atomic E-state index is 12.3. The molecule has 0 aromatic rings. The number of amides is 1. The van der Waals surface area contributed by atoms with Crippen molar-refractivity contribution in [3.8, 4) is 0 Å². The van der Waals surface area contributed by atoms with Gasteiger partial charge in [0.1, 0.15) is 5.54 Å². The fourth-order valence-corrected chi connectivity index (χ4v) is 5.80. The number of carboxylic acid groups (broad SMARTS) is 1. The average molecular weight is 279 g/mol. The minimum Gasteiger partial charge on any atom is -0.479 e. The van der Waals surface area contributed by atoms with Crippen LogP contribution in [0.25, 0.3) is 0 Å². The molecule has 0 saturated heterocycles. The predicted octanol–water partition coefficient (Wildman–Crippen LogP) is 2.52. The largest absolute Gasteiger partial charge is 0.479 e. The molecule has 0 aromatic carbocycles. The van der Waals surface area contributed by atoms with Crippen LogP contribution in [0.3, 0.4) is 0 Å². The van der Waals surface area contributed by atoms with Crippen molar-refractivity contribution in [2.75, 3.05) is 0 Å². The highest BCUT2D eigenvalue weighted by atomic mass is 16.4. The Kier molecular flexibility index (Phi) is 3.11. The number of carbonyl (C=O) groups is 2. The van der Waals surface area contributed by atoms with Crippen LogP contribution in [0.5, 0.6) is 0 Å². The van der Waals surface area contributed by atoms with Gasteiger partial charge in [0.25, 0.3) is 0 Å². The molecule has 4 fully saturated rings. The van der Waals surface area contributed by atoms with Gasteiger partial charge >= 0.3 is 5.97 Å². The molecule has 0 aliphatic heterocycles. The first-order valence-electron chi connectivity index (χ1n) is 7.90. The monoisotopic (exact) mass is 279 g/mol. The number of aliphatic carboxylic acids is 1. The van der Waals surface area contributed by atoms with Gasteiger partial charge in [-0.15, -0.1) is 0 Å². The standard InChI is InChI=1S/C16H25NO3/c1-9(2)17(10(3)18)16(15(19)20)13-5-11-4-12(7-13)8-14(16)6-11/h9,11-14H,4-8H2,1-3H3,(H,19,20). The summed E-state index contributed by atoms with van der Waals surface area (Å²) in [7, 11) is 0. The highest BCUT2D eigenvalue weighted by Crippen LogP contribution is 2.60. The molecule has 4 heteroatoms. The van der Waals surface area contributed by atoms with Crippen molar-refractivity contribution in [3.05, 3.63) is 0 Å². The van der Waals surface area contributed by atoms with E-state index in [0.717, 1.165) is 25.7 Å². The molecule has 4 saturated carbocycles. The van der Waals surface area contributed by atoms with E-state index in [-0.39, 0.29) is 23.8 Å². The van der Waals surface area contributed by atoms with Crippen LogP contribution in [0.15, 0.2) is 0 Å². The molecule has 0 aromatic heterocycles. The minimum absolute atomic E-state index is 0.0545. The Balaban J connectivity index is 2.08. The third-order valence-electron chi connectivity index (χ3n) is 5.98. The van der Waals surface area contributed by atoms with Crippen molar-refractivity contribution >= 4 is 11.9 Å². The first-order chi connectivity index (χ1) is 9.37. The zero-order valence-corrected chi connectivity index (χ0v) is 12.6. The fraction of sp³-hybridized carbons (Fsp3) is 0.875. The topological polar surface area (TPSA) is 57.6 Å². The molecule has 0 atom stereocenters. The summed E-state index contributed by atoms with van der Waals surface area (Å²) >= 11 is 0. The first kappa shape index (κ1) is 13.9. The highest BCUT2D eigenvalue weighted by molar-refractivity contribution is 5.87. The third kappa shape index (κ3) is 1.66. The maximum atomic E-state index is 12.3. The Hall–Kier alpha value is -1.06. The van der Waals surface area contributed by atoms with Crippen LogP contribution in [0.2, 0.25) is 0 Å². The second-order valence-corrected chi connectivity index (χ2v) is 7.42. The van der Waals surface area contributed by atoms with Crippen molar-refractivity contribution in [1.82, 2.24) is 4.90 Å². The molecule has 4 rings (SSSR count). The molecule has 0 unspecified atom stereocenters. The van der Waals surface area contributed by atoms with E-state index in [9.17, 15) is 14.7 Å². The van der Waals surface area contributed by atoms with Gasteiger partial charge in [0.05, 0.1) is 0 Å². The zero-order valence-electron chi connectivity index (χ0n) is 12.6. The Morgan fingerprint density at radius 3 is 1.80 bits per heavy atom. The number of carbonyl (C=O) groups excluding carboxylic acids is 1. The van der Waals surface area contributed by atoms with Gasteiger partial charge in [0.15, 0.2) is 0 Å². The van der Waals surface area contributed by atoms with E-state index in [1.165, 1.54) is 13.3 Å². The summed E-state index contributed by atoms with van der Waals surface area (Å²) in [5.74, 6) is 0.854. The molecule has 4 aliphatic carbocycles. The fourth-order valence-electron chi connectivity index (χ4n) is 5.80. The van der Waals surface area contributed by atoms with Gasteiger partial charge in [0, 0.05) is 13.0 Å². The molecule has 20 heavy (non-hydrogen) atoms. The van der Waals surface area contributed by atoms with Crippen molar-refractivity contribution in [3.63, 3.8) is 0 Å². The van der Waals surface area contributed by atoms with E-state index in [4.69, 9.17) is 0 Å². The van der Waals surface area contributed by atoms with Crippen LogP contribution in [0.4, 0.5) is 0 Å². The Bertz CT molecular complexity index is 415. The molecular weight excluding hydrogens is 254 g/mol. The molecular formula is C16H25NO3. The number of rotatable bonds is 3. The van der Waals surface area contributed by atoms with Crippen molar-refractivity contribution in [1.29, 1.82) is 0 Å².